The van der Waals surface area contributed by atoms with Gasteiger partial charge in [0.1, 0.15) is 6.10 Å². The van der Waals surface area contributed by atoms with Crippen molar-refractivity contribution < 1.29 is 9.53 Å². The van der Waals surface area contributed by atoms with Gasteiger partial charge in [0.2, 0.25) is 0 Å². The van der Waals surface area contributed by atoms with Gasteiger partial charge in [-0.25, -0.2) is 0 Å². The van der Waals surface area contributed by atoms with Crippen molar-refractivity contribution in [2.75, 3.05) is 0 Å². The van der Waals surface area contributed by atoms with Gasteiger partial charge in [0.05, 0.1) is 5.41 Å². The molecule has 0 saturated carbocycles. The number of rotatable bonds is 4. The SMILES string of the molecule is C=CC[C@]1(Cc2ccc3ccccc3c2)C(=O)O[C@H]2C=CC[C@H]21. The molecule has 3 atom stereocenters. The van der Waals surface area contributed by atoms with Gasteiger partial charge >= 0.3 is 5.97 Å². The van der Waals surface area contributed by atoms with Gasteiger partial charge in [-0.05, 0) is 41.7 Å². The molecule has 0 aromatic heterocycles. The summed E-state index contributed by atoms with van der Waals surface area (Å²) in [7, 11) is 0. The molecule has 1 aliphatic carbocycles. The van der Waals surface area contributed by atoms with Gasteiger partial charge in [0, 0.05) is 5.92 Å². The van der Waals surface area contributed by atoms with Crippen LogP contribution in [0.2, 0.25) is 0 Å². The Bertz CT molecular complexity index is 804. The molecular weight excluding hydrogens is 284 g/mol. The zero-order chi connectivity index (χ0) is 15.9. The summed E-state index contributed by atoms with van der Waals surface area (Å²) in [6.45, 7) is 3.88. The minimum atomic E-state index is -0.474. The van der Waals surface area contributed by atoms with Crippen LogP contribution < -0.4 is 0 Å². The predicted octanol–water partition coefficient (Wildman–Crippen LogP) is 4.45. The van der Waals surface area contributed by atoms with Crippen LogP contribution in [-0.2, 0) is 16.0 Å². The maximum atomic E-state index is 12.7. The van der Waals surface area contributed by atoms with Crippen LogP contribution in [0.5, 0.6) is 0 Å². The fraction of sp³-hybridized carbons (Fsp3) is 0.286. The molecule has 0 radical (unpaired) electrons. The van der Waals surface area contributed by atoms with Gasteiger partial charge in [-0.1, -0.05) is 54.6 Å². The van der Waals surface area contributed by atoms with E-state index in [9.17, 15) is 4.79 Å². The van der Waals surface area contributed by atoms with Crippen LogP contribution in [0.1, 0.15) is 18.4 Å². The summed E-state index contributed by atoms with van der Waals surface area (Å²) >= 11 is 0. The number of fused-ring (bicyclic) bond motifs is 2. The second-order valence-electron chi connectivity index (χ2n) is 6.65. The molecule has 2 nitrogen and oxygen atoms in total. The standard InChI is InChI=1S/C21H20O2/c1-2-12-21(18-8-5-9-19(18)23-20(21)22)14-15-10-11-16-6-3-4-7-17(16)13-15/h2-7,9-11,13,18-19H,1,8,12,14H2/t18-,19+,21-/m1/s1. The van der Waals surface area contributed by atoms with E-state index in [0.717, 1.165) is 6.42 Å². The summed E-state index contributed by atoms with van der Waals surface area (Å²) in [5.74, 6) is 0.171. The van der Waals surface area contributed by atoms with Crippen molar-refractivity contribution in [3.8, 4) is 0 Å². The predicted molar refractivity (Wildman–Crippen MR) is 92.0 cm³/mol. The number of esters is 1. The minimum absolute atomic E-state index is 0.0529. The largest absolute Gasteiger partial charge is 0.457 e. The highest BCUT2D eigenvalue weighted by atomic mass is 16.6. The zero-order valence-corrected chi connectivity index (χ0v) is 13.1. The number of hydrogen-bond acceptors (Lipinski definition) is 2. The third-order valence-electron chi connectivity index (χ3n) is 5.31. The Balaban J connectivity index is 1.73. The highest BCUT2D eigenvalue weighted by Crippen LogP contribution is 2.50. The van der Waals surface area contributed by atoms with Gasteiger partial charge in [-0.15, -0.1) is 6.58 Å². The highest BCUT2D eigenvalue weighted by Gasteiger charge is 2.56. The van der Waals surface area contributed by atoms with Crippen LogP contribution in [0.15, 0.2) is 67.3 Å². The summed E-state index contributed by atoms with van der Waals surface area (Å²) < 4.78 is 5.64. The van der Waals surface area contributed by atoms with Crippen molar-refractivity contribution in [3.05, 3.63) is 72.8 Å². The first-order valence-corrected chi connectivity index (χ1v) is 8.19. The number of hydrogen-bond donors (Lipinski definition) is 0. The third kappa shape index (κ3) is 2.21. The number of allylic oxidation sites excluding steroid dienone is 2. The van der Waals surface area contributed by atoms with Crippen molar-refractivity contribution in [1.29, 1.82) is 0 Å². The lowest BCUT2D eigenvalue weighted by Crippen LogP contribution is -2.35. The van der Waals surface area contributed by atoms with Crippen LogP contribution in [0.3, 0.4) is 0 Å². The average molecular weight is 304 g/mol. The highest BCUT2D eigenvalue weighted by molar-refractivity contribution is 5.84. The zero-order valence-electron chi connectivity index (χ0n) is 13.1. The summed E-state index contributed by atoms with van der Waals surface area (Å²) in [6.07, 6.45) is 8.28. The number of carbonyl (C=O) groups excluding carboxylic acids is 1. The Kier molecular flexibility index (Phi) is 3.33. The van der Waals surface area contributed by atoms with E-state index in [1.54, 1.807) is 0 Å². The van der Waals surface area contributed by atoms with Crippen LogP contribution in [-0.4, -0.2) is 12.1 Å². The van der Waals surface area contributed by atoms with E-state index in [0.29, 0.717) is 12.8 Å². The van der Waals surface area contributed by atoms with Crippen molar-refractivity contribution in [3.63, 3.8) is 0 Å². The van der Waals surface area contributed by atoms with E-state index in [-0.39, 0.29) is 18.0 Å². The molecule has 1 fully saturated rings. The van der Waals surface area contributed by atoms with Crippen LogP contribution in [0, 0.1) is 11.3 Å². The van der Waals surface area contributed by atoms with Gasteiger partial charge in [-0.3, -0.25) is 4.79 Å². The maximum absolute atomic E-state index is 12.7. The van der Waals surface area contributed by atoms with Crippen molar-refractivity contribution in [2.24, 2.45) is 11.3 Å². The lowest BCUT2D eigenvalue weighted by atomic mass is 9.69. The van der Waals surface area contributed by atoms with Crippen molar-refractivity contribution in [2.45, 2.75) is 25.4 Å². The molecule has 116 valence electrons. The lowest BCUT2D eigenvalue weighted by molar-refractivity contribution is -0.148. The molecule has 1 aliphatic heterocycles. The molecular formula is C21H20O2. The third-order valence-corrected chi connectivity index (χ3v) is 5.31. The Labute approximate surface area is 136 Å². The van der Waals surface area contributed by atoms with Crippen LogP contribution in [0.4, 0.5) is 0 Å². The summed E-state index contributed by atoms with van der Waals surface area (Å²) in [5, 5.41) is 2.44. The van der Waals surface area contributed by atoms with Gasteiger partial charge in [0.25, 0.3) is 0 Å². The molecule has 2 aromatic rings. The Hall–Kier alpha value is -2.35. The lowest BCUT2D eigenvalue weighted by Gasteiger charge is -2.29. The average Bonchev–Trinajstić information content (AvgIpc) is 3.11. The molecule has 0 bridgehead atoms. The second kappa shape index (κ2) is 5.38. The molecule has 0 N–H and O–H groups in total. The van der Waals surface area contributed by atoms with Crippen LogP contribution in [0.25, 0.3) is 10.8 Å². The Morgan fingerprint density at radius 1 is 1.22 bits per heavy atom. The fourth-order valence-corrected chi connectivity index (χ4v) is 4.16. The summed E-state index contributed by atoms with van der Waals surface area (Å²) in [6, 6.07) is 14.8. The monoisotopic (exact) mass is 304 g/mol. The quantitative estimate of drug-likeness (QED) is 0.616. The van der Waals surface area contributed by atoms with E-state index in [2.05, 4.69) is 43.0 Å². The summed E-state index contributed by atoms with van der Waals surface area (Å²) in [4.78, 5) is 12.7. The van der Waals surface area contributed by atoms with E-state index in [1.807, 2.05) is 24.3 Å². The topological polar surface area (TPSA) is 26.3 Å². The molecule has 2 heteroatoms. The summed E-state index contributed by atoms with van der Waals surface area (Å²) in [5.41, 5.74) is 0.716. The van der Waals surface area contributed by atoms with Crippen molar-refractivity contribution in [1.82, 2.24) is 0 Å². The molecule has 0 amide bonds. The fourth-order valence-electron chi connectivity index (χ4n) is 4.16. The van der Waals surface area contributed by atoms with Gasteiger partial charge in [-0.2, -0.15) is 0 Å². The molecule has 1 heterocycles. The Morgan fingerprint density at radius 2 is 2.04 bits per heavy atom. The minimum Gasteiger partial charge on any atom is -0.457 e. The normalized spacial score (nSPS) is 28.8. The smallest absolute Gasteiger partial charge is 0.313 e. The van der Waals surface area contributed by atoms with E-state index in [1.165, 1.54) is 16.3 Å². The van der Waals surface area contributed by atoms with Crippen molar-refractivity contribution >= 4 is 16.7 Å². The molecule has 1 saturated heterocycles. The first-order chi connectivity index (χ1) is 11.2. The maximum Gasteiger partial charge on any atom is 0.313 e. The molecule has 0 unspecified atom stereocenters. The van der Waals surface area contributed by atoms with Crippen LogP contribution >= 0.6 is 0 Å². The van der Waals surface area contributed by atoms with Gasteiger partial charge in [0.15, 0.2) is 0 Å². The first-order valence-electron chi connectivity index (χ1n) is 8.19. The first kappa shape index (κ1) is 14.3. The molecule has 2 aromatic carbocycles. The number of carbonyl (C=O) groups is 1. The number of ether oxygens (including phenoxy) is 1. The molecule has 4 rings (SSSR count). The molecule has 0 spiro atoms. The van der Waals surface area contributed by atoms with E-state index < -0.39 is 5.41 Å². The van der Waals surface area contributed by atoms with Gasteiger partial charge < -0.3 is 4.74 Å². The molecule has 23 heavy (non-hydrogen) atoms. The molecule has 2 aliphatic rings. The number of benzene rings is 2. The van der Waals surface area contributed by atoms with E-state index >= 15 is 0 Å². The van der Waals surface area contributed by atoms with E-state index in [4.69, 9.17) is 4.74 Å². The second-order valence-corrected chi connectivity index (χ2v) is 6.65. The Morgan fingerprint density at radius 3 is 2.87 bits per heavy atom.